The average Bonchev–Trinajstić information content (AvgIpc) is 3.41. The molecule has 8 heteroatoms. The van der Waals surface area contributed by atoms with E-state index in [1.165, 1.54) is 22.5 Å². The molecule has 0 saturated carbocycles. The van der Waals surface area contributed by atoms with Gasteiger partial charge in [-0.15, -0.1) is 11.3 Å². The van der Waals surface area contributed by atoms with Crippen LogP contribution in [0.1, 0.15) is 50.7 Å². The van der Waals surface area contributed by atoms with Crippen LogP contribution < -0.4 is 15.2 Å². The summed E-state index contributed by atoms with van der Waals surface area (Å²) in [4.78, 5) is 16.3. The first-order valence-electron chi connectivity index (χ1n) is 14.6. The van der Waals surface area contributed by atoms with Crippen molar-refractivity contribution in [2.75, 3.05) is 17.7 Å². The number of ketones is 1. The van der Waals surface area contributed by atoms with Crippen molar-refractivity contribution in [2.45, 2.75) is 48.5 Å². The van der Waals surface area contributed by atoms with Gasteiger partial charge in [0.15, 0.2) is 10.9 Å². The van der Waals surface area contributed by atoms with Gasteiger partial charge in [0, 0.05) is 23.1 Å². The van der Waals surface area contributed by atoms with Crippen molar-refractivity contribution in [3.05, 3.63) is 117 Å². The topological polar surface area (TPSA) is 94.7 Å². The van der Waals surface area contributed by atoms with Crippen molar-refractivity contribution in [1.82, 2.24) is 4.98 Å². The number of anilines is 1. The molecule has 0 radical (unpaired) electrons. The Morgan fingerprint density at radius 3 is 1.51 bits per heavy atom. The molecule has 0 fully saturated rings. The number of alkyl halides is 1. The smallest absolute Gasteiger partial charge is 0.180 e. The van der Waals surface area contributed by atoms with E-state index in [-0.39, 0.29) is 12.4 Å². The Kier molecular flexibility index (Phi) is 13.3. The molecule has 45 heavy (non-hydrogen) atoms. The molecule has 0 saturated heterocycles. The van der Waals surface area contributed by atoms with Crippen LogP contribution in [0.5, 0.6) is 23.0 Å². The second-order valence-corrected chi connectivity index (χ2v) is 12.1. The van der Waals surface area contributed by atoms with Crippen LogP contribution in [0.2, 0.25) is 0 Å². The van der Waals surface area contributed by atoms with Gasteiger partial charge in [-0.3, -0.25) is 4.79 Å². The van der Waals surface area contributed by atoms with Gasteiger partial charge in [-0.05, 0) is 119 Å². The quantitative estimate of drug-likeness (QED) is 0.131. The maximum absolute atomic E-state index is 11.9. The number of rotatable bonds is 7. The Labute approximate surface area is 279 Å². The van der Waals surface area contributed by atoms with E-state index in [0.29, 0.717) is 10.5 Å². The lowest BCUT2D eigenvalue weighted by atomic mass is 9.99. The highest BCUT2D eigenvalue weighted by molar-refractivity contribution is 9.09. The SMILES string of the molecule is CCO.Cc1ccc(Oc2cc(C)c(-c3csc(N)n3)c(C)c2)cc1.Cc1ccc(Oc2cc(C)c(C(=O)CBr)c(C)c2)cc1. The highest BCUT2D eigenvalue weighted by atomic mass is 79.9. The third-order valence-electron chi connectivity index (χ3n) is 6.70. The van der Waals surface area contributed by atoms with E-state index in [4.69, 9.17) is 20.3 Å². The number of Topliss-reactive ketones (excluding diaryl/α,β-unsaturated/α-hetero) is 1. The molecule has 3 N–H and O–H groups in total. The summed E-state index contributed by atoms with van der Waals surface area (Å²) in [5.74, 6) is 3.34. The lowest BCUT2D eigenvalue weighted by Gasteiger charge is -2.12. The fourth-order valence-electron chi connectivity index (χ4n) is 4.76. The van der Waals surface area contributed by atoms with E-state index in [1.807, 2.05) is 98.9 Å². The van der Waals surface area contributed by atoms with Crippen LogP contribution >= 0.6 is 27.3 Å². The Morgan fingerprint density at radius 2 is 1.16 bits per heavy atom. The van der Waals surface area contributed by atoms with Crippen LogP contribution in [-0.4, -0.2) is 27.8 Å². The number of halogens is 1. The minimum Gasteiger partial charge on any atom is -0.457 e. The number of aromatic nitrogens is 1. The molecule has 6 nitrogen and oxygen atoms in total. The first-order chi connectivity index (χ1) is 21.4. The number of thiazole rings is 1. The number of nitrogens with two attached hydrogens (primary N) is 1. The molecule has 236 valence electrons. The minimum absolute atomic E-state index is 0.0990. The highest BCUT2D eigenvalue weighted by Gasteiger charge is 2.14. The Bertz CT molecular complexity index is 1670. The van der Waals surface area contributed by atoms with E-state index in [0.717, 1.165) is 62.1 Å². The Morgan fingerprint density at radius 1 is 0.756 bits per heavy atom. The number of aliphatic hydroxyl groups is 1. The number of benzene rings is 4. The molecule has 1 aromatic heterocycles. The van der Waals surface area contributed by atoms with Crippen molar-refractivity contribution in [3.8, 4) is 34.3 Å². The van der Waals surface area contributed by atoms with Crippen molar-refractivity contribution in [3.63, 3.8) is 0 Å². The number of hydrogen-bond acceptors (Lipinski definition) is 7. The average molecular weight is 690 g/mol. The standard InChI is InChI=1S/C18H18N2OS.C17H17BrO2.C2H6O/c1-11-4-6-14(7-5-11)21-15-8-12(2)17(13(3)9-15)16-10-22-18(19)20-16;1-11-4-6-14(7-5-11)20-15-8-12(2)17(13(3)9-15)16(19)10-18;1-2-3/h4-10H,1-3H3,(H2,19,20);4-9H,10H2,1-3H3;3H,2H2,1H3. The van der Waals surface area contributed by atoms with Crippen molar-refractivity contribution in [2.24, 2.45) is 0 Å². The maximum Gasteiger partial charge on any atom is 0.180 e. The summed E-state index contributed by atoms with van der Waals surface area (Å²) >= 11 is 4.68. The minimum atomic E-state index is 0.0990. The van der Waals surface area contributed by atoms with Gasteiger partial charge in [0.1, 0.15) is 23.0 Å². The van der Waals surface area contributed by atoms with Crippen molar-refractivity contribution < 1.29 is 19.4 Å². The third kappa shape index (κ3) is 10.3. The van der Waals surface area contributed by atoms with Crippen LogP contribution in [0.15, 0.2) is 78.2 Å². The van der Waals surface area contributed by atoms with E-state index >= 15 is 0 Å². The van der Waals surface area contributed by atoms with Crippen molar-refractivity contribution in [1.29, 1.82) is 0 Å². The van der Waals surface area contributed by atoms with Crippen molar-refractivity contribution >= 4 is 38.2 Å². The molecule has 4 aromatic carbocycles. The first-order valence-corrected chi connectivity index (χ1v) is 16.6. The predicted molar refractivity (Wildman–Crippen MR) is 191 cm³/mol. The lowest BCUT2D eigenvalue weighted by Crippen LogP contribution is -2.05. The second-order valence-electron chi connectivity index (χ2n) is 10.6. The molecule has 0 bridgehead atoms. The van der Waals surface area contributed by atoms with Crippen LogP contribution in [0.25, 0.3) is 11.3 Å². The van der Waals surface area contributed by atoms with Crippen LogP contribution in [-0.2, 0) is 0 Å². The van der Waals surface area contributed by atoms with Gasteiger partial charge in [0.05, 0.1) is 11.0 Å². The summed E-state index contributed by atoms with van der Waals surface area (Å²) < 4.78 is 11.8. The molecular weight excluding hydrogens is 648 g/mol. The van der Waals surface area contributed by atoms with Gasteiger partial charge >= 0.3 is 0 Å². The predicted octanol–water partition coefficient (Wildman–Crippen LogP) is 10.1. The van der Waals surface area contributed by atoms with Gasteiger partial charge in [0.25, 0.3) is 0 Å². The van der Waals surface area contributed by atoms with Gasteiger partial charge in [-0.2, -0.15) is 0 Å². The van der Waals surface area contributed by atoms with Crippen LogP contribution in [0, 0.1) is 41.5 Å². The monoisotopic (exact) mass is 688 g/mol. The normalized spacial score (nSPS) is 10.2. The third-order valence-corrected chi connectivity index (χ3v) is 7.89. The molecule has 0 amide bonds. The van der Waals surface area contributed by atoms with Gasteiger partial charge < -0.3 is 20.3 Å². The fourth-order valence-corrected chi connectivity index (χ4v) is 5.60. The summed E-state index contributed by atoms with van der Waals surface area (Å²) in [6.07, 6.45) is 0. The first kappa shape index (κ1) is 35.5. The number of nitrogens with zero attached hydrogens (tertiary/aromatic N) is 1. The number of nitrogen functional groups attached to an aromatic ring is 1. The van der Waals surface area contributed by atoms with Gasteiger partial charge in [-0.1, -0.05) is 51.3 Å². The van der Waals surface area contributed by atoms with E-state index < -0.39 is 0 Å². The molecule has 0 spiro atoms. The summed E-state index contributed by atoms with van der Waals surface area (Å²) in [6.45, 7) is 14.0. The molecule has 5 aromatic rings. The summed E-state index contributed by atoms with van der Waals surface area (Å²) in [6, 6.07) is 23.8. The molecule has 0 aliphatic carbocycles. The molecule has 5 rings (SSSR count). The van der Waals surface area contributed by atoms with E-state index in [2.05, 4.69) is 41.7 Å². The zero-order valence-electron chi connectivity index (χ0n) is 26.9. The van der Waals surface area contributed by atoms with E-state index in [9.17, 15) is 4.79 Å². The Hall–Kier alpha value is -3.98. The molecule has 0 aliphatic rings. The second kappa shape index (κ2) is 16.9. The molecule has 0 aliphatic heterocycles. The highest BCUT2D eigenvalue weighted by Crippen LogP contribution is 2.34. The zero-order valence-corrected chi connectivity index (χ0v) is 29.3. The number of aryl methyl sites for hydroxylation is 6. The Balaban J connectivity index is 0.000000227. The number of hydrogen-bond donors (Lipinski definition) is 2. The van der Waals surface area contributed by atoms with Gasteiger partial charge in [0.2, 0.25) is 0 Å². The summed E-state index contributed by atoms with van der Waals surface area (Å²) in [7, 11) is 0. The lowest BCUT2D eigenvalue weighted by molar-refractivity contribution is 0.102. The molecule has 0 atom stereocenters. The van der Waals surface area contributed by atoms with Crippen LogP contribution in [0.4, 0.5) is 5.13 Å². The van der Waals surface area contributed by atoms with Crippen LogP contribution in [0.3, 0.4) is 0 Å². The largest absolute Gasteiger partial charge is 0.457 e. The summed E-state index contributed by atoms with van der Waals surface area (Å²) in [5, 5.41) is 10.5. The molecule has 0 unspecified atom stereocenters. The maximum atomic E-state index is 11.9. The number of aliphatic hydroxyl groups excluding tert-OH is 1. The fraction of sp³-hybridized carbons (Fsp3) is 0.243. The number of ether oxygens (including phenoxy) is 2. The number of carbonyl (C=O) groups is 1. The number of carbonyl (C=O) groups excluding carboxylic acids is 1. The molecular formula is C37H41BrN2O4S. The summed E-state index contributed by atoms with van der Waals surface area (Å²) in [5.41, 5.74) is 15.1. The molecule has 1 heterocycles. The van der Waals surface area contributed by atoms with Gasteiger partial charge in [-0.25, -0.2) is 4.98 Å². The van der Waals surface area contributed by atoms with E-state index in [1.54, 1.807) is 6.92 Å². The zero-order chi connectivity index (χ0) is 33.1.